The fraction of sp³-hybridized carbons (Fsp3) is 0.286. The monoisotopic (exact) mass is 387 g/mol. The standard InChI is InChI=1S/C21H23Cl2N3/c1-14(19-10-9-18(22)11-21(19)23)24-12-20-15(2)25-26(16(20)3)13-17-7-5-4-6-8-17/h4-11,14,24H,12-13H2,1-3H3. The third-order valence-corrected chi connectivity index (χ3v) is 5.28. The fourth-order valence-corrected chi connectivity index (χ4v) is 3.69. The van der Waals surface area contributed by atoms with Crippen LogP contribution in [0.3, 0.4) is 0 Å². The van der Waals surface area contributed by atoms with E-state index < -0.39 is 0 Å². The summed E-state index contributed by atoms with van der Waals surface area (Å²) < 4.78 is 2.07. The summed E-state index contributed by atoms with van der Waals surface area (Å²) in [4.78, 5) is 0. The molecular formula is C21H23Cl2N3. The molecule has 0 bridgehead atoms. The van der Waals surface area contributed by atoms with Crippen LogP contribution in [0.15, 0.2) is 48.5 Å². The molecule has 1 N–H and O–H groups in total. The van der Waals surface area contributed by atoms with Gasteiger partial charge in [0.2, 0.25) is 0 Å². The molecule has 0 aliphatic heterocycles. The van der Waals surface area contributed by atoms with Gasteiger partial charge in [0.15, 0.2) is 0 Å². The molecule has 136 valence electrons. The van der Waals surface area contributed by atoms with E-state index >= 15 is 0 Å². The van der Waals surface area contributed by atoms with Crippen molar-refractivity contribution in [2.75, 3.05) is 0 Å². The normalized spacial score (nSPS) is 12.3. The van der Waals surface area contributed by atoms with Crippen molar-refractivity contribution in [1.29, 1.82) is 0 Å². The molecule has 26 heavy (non-hydrogen) atoms. The Bertz CT molecular complexity index is 888. The van der Waals surface area contributed by atoms with Gasteiger partial charge in [-0.1, -0.05) is 59.6 Å². The zero-order valence-electron chi connectivity index (χ0n) is 15.3. The Balaban J connectivity index is 1.72. The van der Waals surface area contributed by atoms with Crippen LogP contribution >= 0.6 is 23.2 Å². The van der Waals surface area contributed by atoms with E-state index in [1.165, 1.54) is 16.8 Å². The van der Waals surface area contributed by atoms with E-state index in [-0.39, 0.29) is 6.04 Å². The molecule has 1 unspecified atom stereocenters. The van der Waals surface area contributed by atoms with E-state index in [0.717, 1.165) is 24.3 Å². The first-order chi connectivity index (χ1) is 12.5. The Labute approximate surface area is 164 Å². The molecule has 1 atom stereocenters. The topological polar surface area (TPSA) is 29.9 Å². The average Bonchev–Trinajstić information content (AvgIpc) is 2.87. The number of rotatable bonds is 6. The summed E-state index contributed by atoms with van der Waals surface area (Å²) >= 11 is 12.3. The lowest BCUT2D eigenvalue weighted by atomic mass is 10.1. The smallest absolute Gasteiger partial charge is 0.0662 e. The summed E-state index contributed by atoms with van der Waals surface area (Å²) in [7, 11) is 0. The predicted molar refractivity (Wildman–Crippen MR) is 109 cm³/mol. The van der Waals surface area contributed by atoms with E-state index in [0.29, 0.717) is 10.0 Å². The van der Waals surface area contributed by atoms with Crippen molar-refractivity contribution >= 4 is 23.2 Å². The number of aryl methyl sites for hydroxylation is 1. The largest absolute Gasteiger partial charge is 0.306 e. The van der Waals surface area contributed by atoms with Gasteiger partial charge in [0.1, 0.15) is 0 Å². The van der Waals surface area contributed by atoms with Crippen LogP contribution in [-0.2, 0) is 13.1 Å². The molecular weight excluding hydrogens is 365 g/mol. The summed E-state index contributed by atoms with van der Waals surface area (Å²) in [5, 5.41) is 9.61. The number of aromatic nitrogens is 2. The lowest BCUT2D eigenvalue weighted by Gasteiger charge is -2.16. The molecule has 0 aliphatic rings. The summed E-state index contributed by atoms with van der Waals surface area (Å²) in [6, 6.07) is 16.1. The van der Waals surface area contributed by atoms with Crippen LogP contribution in [0.1, 0.15) is 41.0 Å². The molecule has 0 fully saturated rings. The van der Waals surface area contributed by atoms with Gasteiger partial charge in [-0.2, -0.15) is 5.10 Å². The summed E-state index contributed by atoms with van der Waals surface area (Å²) in [5.41, 5.74) is 5.77. The molecule has 0 saturated carbocycles. The van der Waals surface area contributed by atoms with Crippen LogP contribution in [-0.4, -0.2) is 9.78 Å². The summed E-state index contributed by atoms with van der Waals surface area (Å²) in [6.07, 6.45) is 0. The van der Waals surface area contributed by atoms with Gasteiger partial charge in [0, 0.05) is 33.9 Å². The Morgan fingerprint density at radius 1 is 1.08 bits per heavy atom. The molecule has 0 spiro atoms. The Hall–Kier alpha value is -1.81. The molecule has 1 heterocycles. The summed E-state index contributed by atoms with van der Waals surface area (Å²) in [5.74, 6) is 0. The molecule has 0 aliphatic carbocycles. The third-order valence-electron chi connectivity index (χ3n) is 4.72. The Morgan fingerprint density at radius 2 is 1.81 bits per heavy atom. The number of benzene rings is 2. The van der Waals surface area contributed by atoms with Gasteiger partial charge in [-0.25, -0.2) is 0 Å². The zero-order chi connectivity index (χ0) is 18.7. The quantitative estimate of drug-likeness (QED) is 0.587. The molecule has 2 aromatic carbocycles. The van der Waals surface area contributed by atoms with Crippen molar-refractivity contribution in [3.8, 4) is 0 Å². The lowest BCUT2D eigenvalue weighted by Crippen LogP contribution is -2.19. The second-order valence-corrected chi connectivity index (χ2v) is 7.40. The maximum Gasteiger partial charge on any atom is 0.0662 e. The van der Waals surface area contributed by atoms with Crippen molar-refractivity contribution in [1.82, 2.24) is 15.1 Å². The van der Waals surface area contributed by atoms with E-state index in [1.54, 1.807) is 6.07 Å². The first-order valence-corrected chi connectivity index (χ1v) is 9.46. The van der Waals surface area contributed by atoms with Gasteiger partial charge in [0.25, 0.3) is 0 Å². The second kappa shape index (κ2) is 8.26. The van der Waals surface area contributed by atoms with Crippen LogP contribution in [0.25, 0.3) is 0 Å². The number of halogens is 2. The van der Waals surface area contributed by atoms with Gasteiger partial charge >= 0.3 is 0 Å². The maximum atomic E-state index is 6.32. The Kier molecular flexibility index (Phi) is 6.02. The van der Waals surface area contributed by atoms with E-state index in [2.05, 4.69) is 55.0 Å². The minimum atomic E-state index is 0.121. The Morgan fingerprint density at radius 3 is 2.50 bits per heavy atom. The van der Waals surface area contributed by atoms with Crippen LogP contribution in [0.2, 0.25) is 10.0 Å². The SMILES string of the molecule is Cc1nn(Cc2ccccc2)c(C)c1CNC(C)c1ccc(Cl)cc1Cl. The highest BCUT2D eigenvalue weighted by atomic mass is 35.5. The van der Waals surface area contributed by atoms with Gasteiger partial charge in [-0.3, -0.25) is 4.68 Å². The predicted octanol–water partition coefficient (Wildman–Crippen LogP) is 5.71. The fourth-order valence-electron chi connectivity index (χ4n) is 3.12. The minimum absolute atomic E-state index is 0.121. The molecule has 0 saturated heterocycles. The molecule has 3 aromatic rings. The molecule has 0 amide bonds. The molecule has 3 nitrogen and oxygen atoms in total. The first kappa shape index (κ1) is 19.0. The van der Waals surface area contributed by atoms with Crippen molar-refractivity contribution in [3.63, 3.8) is 0 Å². The maximum absolute atomic E-state index is 6.32. The molecule has 5 heteroatoms. The van der Waals surface area contributed by atoms with Crippen LogP contribution in [0.5, 0.6) is 0 Å². The first-order valence-electron chi connectivity index (χ1n) is 8.71. The third kappa shape index (κ3) is 4.29. The number of hydrogen-bond acceptors (Lipinski definition) is 2. The van der Waals surface area contributed by atoms with Crippen molar-refractivity contribution in [3.05, 3.63) is 86.7 Å². The van der Waals surface area contributed by atoms with Crippen molar-refractivity contribution < 1.29 is 0 Å². The highest BCUT2D eigenvalue weighted by molar-refractivity contribution is 6.35. The van der Waals surface area contributed by atoms with Crippen molar-refractivity contribution in [2.24, 2.45) is 0 Å². The van der Waals surface area contributed by atoms with Crippen LogP contribution in [0, 0.1) is 13.8 Å². The highest BCUT2D eigenvalue weighted by Crippen LogP contribution is 2.26. The summed E-state index contributed by atoms with van der Waals surface area (Å²) in [6.45, 7) is 7.82. The number of nitrogens with one attached hydrogen (secondary N) is 1. The molecule has 3 rings (SSSR count). The van der Waals surface area contributed by atoms with Gasteiger partial charge < -0.3 is 5.32 Å². The second-order valence-electron chi connectivity index (χ2n) is 6.56. The lowest BCUT2D eigenvalue weighted by molar-refractivity contribution is 0.571. The minimum Gasteiger partial charge on any atom is -0.306 e. The molecule has 0 radical (unpaired) electrons. The van der Waals surface area contributed by atoms with E-state index in [1.807, 2.05) is 18.2 Å². The van der Waals surface area contributed by atoms with E-state index in [9.17, 15) is 0 Å². The van der Waals surface area contributed by atoms with Crippen molar-refractivity contribution in [2.45, 2.75) is 39.9 Å². The van der Waals surface area contributed by atoms with Gasteiger partial charge in [-0.05, 0) is 44.0 Å². The zero-order valence-corrected chi connectivity index (χ0v) is 16.8. The van der Waals surface area contributed by atoms with Gasteiger partial charge in [0.05, 0.1) is 12.2 Å². The number of nitrogens with zero attached hydrogens (tertiary/aromatic N) is 2. The van der Waals surface area contributed by atoms with Gasteiger partial charge in [-0.15, -0.1) is 0 Å². The average molecular weight is 388 g/mol. The highest BCUT2D eigenvalue weighted by Gasteiger charge is 2.15. The molecule has 1 aromatic heterocycles. The van der Waals surface area contributed by atoms with Crippen LogP contribution in [0.4, 0.5) is 0 Å². The number of hydrogen-bond donors (Lipinski definition) is 1. The van der Waals surface area contributed by atoms with Crippen LogP contribution < -0.4 is 5.32 Å². The van der Waals surface area contributed by atoms with E-state index in [4.69, 9.17) is 28.3 Å².